The van der Waals surface area contributed by atoms with Crippen LogP contribution in [0.3, 0.4) is 0 Å². The predicted octanol–water partition coefficient (Wildman–Crippen LogP) is 3.25. The predicted molar refractivity (Wildman–Crippen MR) is 64.1 cm³/mol. The van der Waals surface area contributed by atoms with Gasteiger partial charge in [-0.3, -0.25) is 0 Å². The number of halogens is 1. The molecule has 0 aliphatic rings. The van der Waals surface area contributed by atoms with Crippen LogP contribution in [0.15, 0.2) is 28.8 Å². The normalized spacial score (nSPS) is 10.5. The number of rotatable bonds is 5. The van der Waals surface area contributed by atoms with Crippen molar-refractivity contribution in [3.63, 3.8) is 0 Å². The molecule has 90 valence electrons. The van der Waals surface area contributed by atoms with E-state index in [2.05, 4.69) is 17.1 Å². The smallest absolute Gasteiger partial charge is 0.226 e. The number of nitrogens with zero attached hydrogens (tertiary/aromatic N) is 2. The molecule has 0 amide bonds. The summed E-state index contributed by atoms with van der Waals surface area (Å²) in [5, 5.41) is 4.47. The van der Waals surface area contributed by atoms with Crippen LogP contribution in [-0.2, 0) is 13.0 Å². The number of aromatic nitrogens is 2. The molecule has 1 aromatic carbocycles. The third kappa shape index (κ3) is 3.46. The quantitative estimate of drug-likeness (QED) is 0.820. The first kappa shape index (κ1) is 11.9. The first-order chi connectivity index (χ1) is 8.28. The fraction of sp³-hybridized carbons (Fsp3) is 0.333. The maximum atomic E-state index is 5.84. The summed E-state index contributed by atoms with van der Waals surface area (Å²) >= 11 is 5.84. The first-order valence-corrected chi connectivity index (χ1v) is 5.85. The van der Waals surface area contributed by atoms with Crippen molar-refractivity contribution in [2.45, 2.75) is 26.4 Å². The van der Waals surface area contributed by atoms with Crippen molar-refractivity contribution < 1.29 is 9.26 Å². The van der Waals surface area contributed by atoms with Gasteiger partial charge in [-0.1, -0.05) is 29.7 Å². The molecule has 4 nitrogen and oxygen atoms in total. The van der Waals surface area contributed by atoms with Crippen molar-refractivity contribution in [1.82, 2.24) is 10.1 Å². The van der Waals surface area contributed by atoms with E-state index in [0.717, 1.165) is 12.8 Å². The summed E-state index contributed by atoms with van der Waals surface area (Å²) in [5.41, 5.74) is 0. The summed E-state index contributed by atoms with van der Waals surface area (Å²) in [4.78, 5) is 4.20. The van der Waals surface area contributed by atoms with Crippen LogP contribution in [0, 0.1) is 0 Å². The Bertz CT molecular complexity index is 485. The van der Waals surface area contributed by atoms with Gasteiger partial charge in [0.25, 0.3) is 0 Å². The molecule has 0 aliphatic carbocycles. The lowest BCUT2D eigenvalue weighted by atomic mass is 10.3. The molecule has 0 radical (unpaired) electrons. The van der Waals surface area contributed by atoms with E-state index in [9.17, 15) is 0 Å². The molecule has 0 unspecified atom stereocenters. The van der Waals surface area contributed by atoms with Crippen LogP contribution < -0.4 is 4.74 Å². The van der Waals surface area contributed by atoms with Gasteiger partial charge < -0.3 is 9.26 Å². The van der Waals surface area contributed by atoms with Gasteiger partial charge in [0.15, 0.2) is 6.61 Å². The van der Waals surface area contributed by atoms with Crippen LogP contribution in [0.25, 0.3) is 0 Å². The van der Waals surface area contributed by atoms with Gasteiger partial charge >= 0.3 is 0 Å². The number of hydrogen-bond acceptors (Lipinski definition) is 4. The Labute approximate surface area is 105 Å². The first-order valence-electron chi connectivity index (χ1n) is 5.47. The van der Waals surface area contributed by atoms with Gasteiger partial charge in [0.05, 0.1) is 0 Å². The molecule has 1 aromatic heterocycles. The molecular formula is C12H13ClN2O2. The largest absolute Gasteiger partial charge is 0.485 e. The Morgan fingerprint density at radius 3 is 3.06 bits per heavy atom. The molecule has 0 saturated heterocycles. The molecule has 0 fully saturated rings. The second-order valence-electron chi connectivity index (χ2n) is 3.60. The highest BCUT2D eigenvalue weighted by molar-refractivity contribution is 6.30. The van der Waals surface area contributed by atoms with Crippen LogP contribution in [0.2, 0.25) is 5.02 Å². The molecule has 0 bridgehead atoms. The highest BCUT2D eigenvalue weighted by atomic mass is 35.5. The highest BCUT2D eigenvalue weighted by Crippen LogP contribution is 2.17. The number of ether oxygens (including phenoxy) is 1. The SMILES string of the molecule is CCCc1nc(COc2cccc(Cl)c2)no1. The summed E-state index contributed by atoms with van der Waals surface area (Å²) in [5.74, 6) is 1.89. The fourth-order valence-electron chi connectivity index (χ4n) is 1.37. The van der Waals surface area contributed by atoms with Gasteiger partial charge in [-0.05, 0) is 24.6 Å². The van der Waals surface area contributed by atoms with Gasteiger partial charge in [-0.25, -0.2) is 0 Å². The van der Waals surface area contributed by atoms with Crippen LogP contribution in [0.5, 0.6) is 5.75 Å². The van der Waals surface area contributed by atoms with E-state index in [-0.39, 0.29) is 6.61 Å². The molecule has 0 atom stereocenters. The van der Waals surface area contributed by atoms with Gasteiger partial charge in [-0.2, -0.15) is 4.98 Å². The van der Waals surface area contributed by atoms with E-state index in [4.69, 9.17) is 20.9 Å². The average molecular weight is 253 g/mol. The fourth-order valence-corrected chi connectivity index (χ4v) is 1.55. The van der Waals surface area contributed by atoms with E-state index in [0.29, 0.717) is 22.5 Å². The lowest BCUT2D eigenvalue weighted by Gasteiger charge is -2.02. The zero-order chi connectivity index (χ0) is 12.1. The zero-order valence-electron chi connectivity index (χ0n) is 9.52. The van der Waals surface area contributed by atoms with Gasteiger partial charge in [0.1, 0.15) is 5.75 Å². The van der Waals surface area contributed by atoms with Gasteiger partial charge in [-0.15, -0.1) is 0 Å². The van der Waals surface area contributed by atoms with Crippen molar-refractivity contribution in [2.75, 3.05) is 0 Å². The molecule has 2 aromatic rings. The molecular weight excluding hydrogens is 240 g/mol. The molecule has 0 saturated carbocycles. The number of aryl methyl sites for hydroxylation is 1. The molecule has 0 N–H and O–H groups in total. The number of hydrogen-bond donors (Lipinski definition) is 0. The lowest BCUT2D eigenvalue weighted by Crippen LogP contribution is -1.97. The van der Waals surface area contributed by atoms with E-state index < -0.39 is 0 Å². The van der Waals surface area contributed by atoms with Gasteiger partial charge in [0.2, 0.25) is 11.7 Å². The van der Waals surface area contributed by atoms with Crippen LogP contribution in [-0.4, -0.2) is 10.1 Å². The lowest BCUT2D eigenvalue weighted by molar-refractivity contribution is 0.285. The monoisotopic (exact) mass is 252 g/mol. The Balaban J connectivity index is 1.93. The summed E-state index contributed by atoms with van der Waals surface area (Å²) in [7, 11) is 0. The third-order valence-electron chi connectivity index (χ3n) is 2.14. The molecule has 0 aliphatic heterocycles. The minimum atomic E-state index is 0.285. The molecule has 0 spiro atoms. The standard InChI is InChI=1S/C12H13ClN2O2/c1-2-4-12-14-11(15-17-12)8-16-10-6-3-5-9(13)7-10/h3,5-7H,2,4,8H2,1H3. The Morgan fingerprint density at radius 2 is 2.29 bits per heavy atom. The van der Waals surface area contributed by atoms with Crippen molar-refractivity contribution >= 4 is 11.6 Å². The molecule has 17 heavy (non-hydrogen) atoms. The second-order valence-corrected chi connectivity index (χ2v) is 4.04. The van der Waals surface area contributed by atoms with Gasteiger partial charge in [0, 0.05) is 11.4 Å². The minimum absolute atomic E-state index is 0.285. The van der Waals surface area contributed by atoms with E-state index >= 15 is 0 Å². The topological polar surface area (TPSA) is 48.2 Å². The van der Waals surface area contributed by atoms with E-state index in [1.807, 2.05) is 12.1 Å². The number of benzene rings is 1. The van der Waals surface area contributed by atoms with Crippen molar-refractivity contribution in [2.24, 2.45) is 0 Å². The zero-order valence-corrected chi connectivity index (χ0v) is 10.3. The van der Waals surface area contributed by atoms with Crippen LogP contribution in [0.4, 0.5) is 0 Å². The molecule has 2 rings (SSSR count). The molecule has 5 heteroatoms. The van der Waals surface area contributed by atoms with E-state index in [1.165, 1.54) is 0 Å². The van der Waals surface area contributed by atoms with E-state index in [1.54, 1.807) is 12.1 Å². The van der Waals surface area contributed by atoms with Crippen LogP contribution >= 0.6 is 11.6 Å². The summed E-state index contributed by atoms with van der Waals surface area (Å²) in [6.07, 6.45) is 1.78. The van der Waals surface area contributed by atoms with Crippen molar-refractivity contribution in [1.29, 1.82) is 0 Å². The summed E-state index contributed by atoms with van der Waals surface area (Å²) < 4.78 is 10.5. The van der Waals surface area contributed by atoms with Crippen LogP contribution in [0.1, 0.15) is 25.1 Å². The Morgan fingerprint density at radius 1 is 1.41 bits per heavy atom. The van der Waals surface area contributed by atoms with Crippen molar-refractivity contribution in [3.8, 4) is 5.75 Å². The second kappa shape index (κ2) is 5.68. The Kier molecular flexibility index (Phi) is 3.98. The molecule has 1 heterocycles. The highest BCUT2D eigenvalue weighted by Gasteiger charge is 2.05. The summed E-state index contributed by atoms with van der Waals surface area (Å²) in [6.45, 7) is 2.35. The summed E-state index contributed by atoms with van der Waals surface area (Å²) in [6, 6.07) is 7.20. The third-order valence-corrected chi connectivity index (χ3v) is 2.37. The van der Waals surface area contributed by atoms with Crippen molar-refractivity contribution in [3.05, 3.63) is 41.0 Å². The average Bonchev–Trinajstić information content (AvgIpc) is 2.75. The minimum Gasteiger partial charge on any atom is -0.485 e. The Hall–Kier alpha value is -1.55. The maximum absolute atomic E-state index is 5.84. The maximum Gasteiger partial charge on any atom is 0.226 e.